The Labute approximate surface area is 89.6 Å². The van der Waals surface area contributed by atoms with Crippen LogP contribution in [0, 0.1) is 11.3 Å². The van der Waals surface area contributed by atoms with E-state index in [-0.39, 0.29) is 6.10 Å². The molecule has 1 aromatic heterocycles. The minimum Gasteiger partial charge on any atom is -0.393 e. The summed E-state index contributed by atoms with van der Waals surface area (Å²) >= 11 is 0. The van der Waals surface area contributed by atoms with E-state index in [9.17, 15) is 5.11 Å². The lowest BCUT2D eigenvalue weighted by Gasteiger charge is -2.09. The third-order valence-corrected chi connectivity index (χ3v) is 2.16. The van der Waals surface area contributed by atoms with Crippen LogP contribution >= 0.6 is 0 Å². The van der Waals surface area contributed by atoms with Crippen molar-refractivity contribution in [2.45, 2.75) is 25.9 Å². The molecule has 0 fully saturated rings. The summed E-state index contributed by atoms with van der Waals surface area (Å²) in [6.45, 7) is 2.66. The summed E-state index contributed by atoms with van der Waals surface area (Å²) in [4.78, 5) is 3.93. The largest absolute Gasteiger partial charge is 0.393 e. The first-order valence-corrected chi connectivity index (χ1v) is 5.04. The quantitative estimate of drug-likeness (QED) is 0.764. The van der Waals surface area contributed by atoms with Crippen molar-refractivity contribution in [3.63, 3.8) is 0 Å². The molecule has 0 radical (unpaired) electrons. The summed E-state index contributed by atoms with van der Waals surface area (Å²) < 4.78 is 0. The van der Waals surface area contributed by atoms with Crippen LogP contribution in [0.15, 0.2) is 18.3 Å². The highest BCUT2D eigenvalue weighted by Crippen LogP contribution is 2.06. The van der Waals surface area contributed by atoms with Gasteiger partial charge in [0.15, 0.2) is 0 Å². The molecule has 0 aliphatic carbocycles. The van der Waals surface area contributed by atoms with Gasteiger partial charge in [-0.3, -0.25) is 0 Å². The fourth-order valence-electron chi connectivity index (χ4n) is 1.15. The summed E-state index contributed by atoms with van der Waals surface area (Å²) in [5.41, 5.74) is 1.28. The third-order valence-electron chi connectivity index (χ3n) is 2.16. The minimum absolute atomic E-state index is 0.246. The second-order valence-electron chi connectivity index (χ2n) is 3.32. The van der Waals surface area contributed by atoms with E-state index in [1.54, 1.807) is 12.3 Å². The van der Waals surface area contributed by atoms with Crippen LogP contribution in [0.2, 0.25) is 0 Å². The van der Waals surface area contributed by atoms with Gasteiger partial charge in [0.2, 0.25) is 0 Å². The van der Waals surface area contributed by atoms with Crippen molar-refractivity contribution in [1.82, 2.24) is 4.98 Å². The van der Waals surface area contributed by atoms with E-state index in [1.807, 2.05) is 19.1 Å². The van der Waals surface area contributed by atoms with Crippen LogP contribution in [0.25, 0.3) is 0 Å². The van der Waals surface area contributed by atoms with Gasteiger partial charge in [-0.2, -0.15) is 5.26 Å². The third kappa shape index (κ3) is 3.96. The number of nitrogens with one attached hydrogen (secondary N) is 1. The number of nitriles is 1. The first kappa shape index (κ1) is 11.5. The van der Waals surface area contributed by atoms with E-state index in [2.05, 4.69) is 10.3 Å². The summed E-state index contributed by atoms with van der Waals surface area (Å²) in [6.07, 6.45) is 2.87. The van der Waals surface area contributed by atoms with Crippen molar-refractivity contribution in [2.24, 2.45) is 0 Å². The molecule has 1 rings (SSSR count). The van der Waals surface area contributed by atoms with E-state index in [0.29, 0.717) is 12.2 Å². The molecule has 4 heteroatoms. The molecule has 4 nitrogen and oxygen atoms in total. The molecule has 1 aromatic rings. The number of aliphatic hydroxyl groups is 1. The standard InChI is InChI=1S/C11H15N3O/c1-2-11(15)5-6-13-10-4-3-9(7-12)14-8-10/h3-4,8,11,13,15H,2,5-6H2,1H3. The molecule has 0 aliphatic heterocycles. The van der Waals surface area contributed by atoms with Gasteiger partial charge in [-0.05, 0) is 25.0 Å². The minimum atomic E-state index is -0.246. The van der Waals surface area contributed by atoms with Crippen molar-refractivity contribution in [1.29, 1.82) is 5.26 Å². The Morgan fingerprint density at radius 2 is 2.40 bits per heavy atom. The second-order valence-corrected chi connectivity index (χ2v) is 3.32. The molecular weight excluding hydrogens is 190 g/mol. The van der Waals surface area contributed by atoms with E-state index in [1.165, 1.54) is 0 Å². The Kier molecular flexibility index (Phi) is 4.58. The lowest BCUT2D eigenvalue weighted by molar-refractivity contribution is 0.164. The van der Waals surface area contributed by atoms with Crippen LogP contribution in [0.5, 0.6) is 0 Å². The highest BCUT2D eigenvalue weighted by atomic mass is 16.3. The maximum Gasteiger partial charge on any atom is 0.140 e. The number of aromatic nitrogens is 1. The normalized spacial score (nSPS) is 11.8. The number of anilines is 1. The predicted molar refractivity (Wildman–Crippen MR) is 58.4 cm³/mol. The van der Waals surface area contributed by atoms with E-state index in [0.717, 1.165) is 18.5 Å². The Morgan fingerprint density at radius 1 is 1.60 bits per heavy atom. The fourth-order valence-corrected chi connectivity index (χ4v) is 1.15. The summed E-state index contributed by atoms with van der Waals surface area (Å²) in [5.74, 6) is 0. The first-order valence-electron chi connectivity index (χ1n) is 5.04. The maximum atomic E-state index is 9.32. The van der Waals surface area contributed by atoms with Gasteiger partial charge in [-0.25, -0.2) is 4.98 Å². The van der Waals surface area contributed by atoms with Gasteiger partial charge in [-0.1, -0.05) is 6.92 Å². The second kappa shape index (κ2) is 5.99. The number of hydrogen-bond donors (Lipinski definition) is 2. The first-order chi connectivity index (χ1) is 7.26. The molecule has 1 atom stereocenters. The van der Waals surface area contributed by atoms with E-state index >= 15 is 0 Å². The Morgan fingerprint density at radius 3 is 2.93 bits per heavy atom. The van der Waals surface area contributed by atoms with Gasteiger partial charge in [0, 0.05) is 6.54 Å². The Bertz CT molecular complexity index is 329. The van der Waals surface area contributed by atoms with Gasteiger partial charge < -0.3 is 10.4 Å². The SMILES string of the molecule is CCC(O)CCNc1ccc(C#N)nc1. The summed E-state index contributed by atoms with van der Waals surface area (Å²) in [7, 11) is 0. The smallest absolute Gasteiger partial charge is 0.140 e. The highest BCUT2D eigenvalue weighted by Gasteiger charge is 2.00. The Hall–Kier alpha value is -1.60. The van der Waals surface area contributed by atoms with Crippen LogP contribution < -0.4 is 5.32 Å². The predicted octanol–water partition coefficient (Wildman–Crippen LogP) is 1.53. The average Bonchev–Trinajstić information content (AvgIpc) is 2.29. The molecule has 2 N–H and O–H groups in total. The summed E-state index contributed by atoms with van der Waals surface area (Å²) in [5, 5.41) is 21.0. The molecule has 0 spiro atoms. The van der Waals surface area contributed by atoms with Crippen LogP contribution in [-0.4, -0.2) is 22.7 Å². The van der Waals surface area contributed by atoms with Crippen LogP contribution in [-0.2, 0) is 0 Å². The molecular formula is C11H15N3O. The number of aliphatic hydroxyl groups excluding tert-OH is 1. The highest BCUT2D eigenvalue weighted by molar-refractivity contribution is 5.42. The number of hydrogen-bond acceptors (Lipinski definition) is 4. The maximum absolute atomic E-state index is 9.32. The zero-order valence-corrected chi connectivity index (χ0v) is 8.77. The zero-order chi connectivity index (χ0) is 11.1. The molecule has 0 bridgehead atoms. The van der Waals surface area contributed by atoms with Crippen LogP contribution in [0.4, 0.5) is 5.69 Å². The number of nitrogens with zero attached hydrogens (tertiary/aromatic N) is 2. The average molecular weight is 205 g/mol. The lowest BCUT2D eigenvalue weighted by atomic mass is 10.2. The molecule has 0 saturated carbocycles. The van der Waals surface area contributed by atoms with Crippen LogP contribution in [0.1, 0.15) is 25.5 Å². The van der Waals surface area contributed by atoms with Crippen molar-refractivity contribution in [3.05, 3.63) is 24.0 Å². The fraction of sp³-hybridized carbons (Fsp3) is 0.455. The topological polar surface area (TPSA) is 68.9 Å². The molecule has 1 unspecified atom stereocenters. The van der Waals surface area contributed by atoms with Crippen molar-refractivity contribution in [2.75, 3.05) is 11.9 Å². The van der Waals surface area contributed by atoms with Crippen molar-refractivity contribution in [3.8, 4) is 6.07 Å². The van der Waals surface area contributed by atoms with Crippen molar-refractivity contribution >= 4 is 5.69 Å². The molecule has 0 saturated heterocycles. The molecule has 15 heavy (non-hydrogen) atoms. The van der Waals surface area contributed by atoms with E-state index < -0.39 is 0 Å². The summed E-state index contributed by atoms with van der Waals surface area (Å²) in [6, 6.07) is 5.43. The van der Waals surface area contributed by atoms with Crippen molar-refractivity contribution < 1.29 is 5.11 Å². The lowest BCUT2D eigenvalue weighted by Crippen LogP contribution is -2.12. The number of pyridine rings is 1. The van der Waals surface area contributed by atoms with Gasteiger partial charge in [-0.15, -0.1) is 0 Å². The molecule has 0 aromatic carbocycles. The Balaban J connectivity index is 2.35. The monoisotopic (exact) mass is 205 g/mol. The van der Waals surface area contributed by atoms with Gasteiger partial charge in [0.05, 0.1) is 18.0 Å². The molecule has 0 aliphatic rings. The van der Waals surface area contributed by atoms with E-state index in [4.69, 9.17) is 5.26 Å². The van der Waals surface area contributed by atoms with Gasteiger partial charge in [0.25, 0.3) is 0 Å². The number of rotatable bonds is 5. The molecule has 1 heterocycles. The van der Waals surface area contributed by atoms with Crippen LogP contribution in [0.3, 0.4) is 0 Å². The van der Waals surface area contributed by atoms with Gasteiger partial charge in [0.1, 0.15) is 11.8 Å². The molecule has 80 valence electrons. The van der Waals surface area contributed by atoms with Gasteiger partial charge >= 0.3 is 0 Å². The molecule has 0 amide bonds. The zero-order valence-electron chi connectivity index (χ0n) is 8.77.